The van der Waals surface area contributed by atoms with Crippen LogP contribution in [-0.4, -0.2) is 0 Å². The molecule has 0 fully saturated rings. The second-order valence-corrected chi connectivity index (χ2v) is 11.7. The molecule has 0 radical (unpaired) electrons. The van der Waals surface area contributed by atoms with Crippen LogP contribution in [0.15, 0.2) is 158 Å². The highest BCUT2D eigenvalue weighted by Crippen LogP contribution is 2.47. The fourth-order valence-electron chi connectivity index (χ4n) is 6.45. The highest BCUT2D eigenvalue weighted by molar-refractivity contribution is 7.25. The van der Waals surface area contributed by atoms with Gasteiger partial charge in [-0.1, -0.05) is 139 Å². The van der Waals surface area contributed by atoms with E-state index in [1.807, 2.05) is 103 Å². The van der Waals surface area contributed by atoms with Crippen LogP contribution in [0.3, 0.4) is 0 Å². The average molecular weight is 571 g/mol. The molecule has 200 valence electrons. The van der Waals surface area contributed by atoms with Crippen molar-refractivity contribution in [3.8, 4) is 33.4 Å². The summed E-state index contributed by atoms with van der Waals surface area (Å²) in [7, 11) is 0. The summed E-state index contributed by atoms with van der Waals surface area (Å²) in [5.74, 6) is 0. The highest BCUT2D eigenvalue weighted by Gasteiger charge is 2.19. The molecule has 9 aromatic rings. The molecule has 1 heteroatoms. The minimum absolute atomic E-state index is 0.210. The smallest absolute Gasteiger partial charge is 0.0629 e. The van der Waals surface area contributed by atoms with E-state index in [9.17, 15) is 5.48 Å². The van der Waals surface area contributed by atoms with Crippen LogP contribution in [0, 0.1) is 0 Å². The average Bonchev–Trinajstić information content (AvgIpc) is 3.54. The Balaban J connectivity index is 1.53. The SMILES string of the molecule is [2H]c1c([2H])c([2H])c2c(-c3ccc(-c4ccccc4)c4ccccc34)c3c([2H])c([2H])c([2H])c([2H])c3c(-c3ccc4sc5ccccc5c4c3)c2c1[2H]. The summed E-state index contributed by atoms with van der Waals surface area (Å²) in [4.78, 5) is 0. The molecule has 1 heterocycles. The summed E-state index contributed by atoms with van der Waals surface area (Å²) in [5, 5.41) is 4.54. The van der Waals surface area contributed by atoms with Gasteiger partial charge in [0.25, 0.3) is 0 Å². The minimum atomic E-state index is -0.413. The van der Waals surface area contributed by atoms with E-state index in [-0.39, 0.29) is 45.7 Å². The summed E-state index contributed by atoms with van der Waals surface area (Å²) < 4.78 is 74.9. The first-order valence-corrected chi connectivity index (χ1v) is 14.9. The van der Waals surface area contributed by atoms with Crippen LogP contribution >= 0.6 is 11.3 Å². The molecule has 0 aliphatic heterocycles. The van der Waals surface area contributed by atoms with Crippen LogP contribution in [0.4, 0.5) is 0 Å². The standard InChI is InChI=1S/C42H26S/c1-2-12-27(13-3-1)29-23-24-37(31-15-5-4-14-30(29)31)42-35-19-8-6-17-33(35)41(34-18-7-9-20-36(34)42)28-22-25-40-38(26-28)32-16-10-11-21-39(32)43-40/h1-26H/i6D,7D,8D,9D,17D,18D,19D,20D. The number of thiophene rings is 1. The van der Waals surface area contributed by atoms with E-state index in [0.717, 1.165) is 42.1 Å². The maximum Gasteiger partial charge on any atom is 0.0629 e. The number of hydrogen-bond donors (Lipinski definition) is 0. The molecule has 43 heavy (non-hydrogen) atoms. The van der Waals surface area contributed by atoms with Crippen molar-refractivity contribution in [3.05, 3.63) is 158 Å². The lowest BCUT2D eigenvalue weighted by Gasteiger charge is -2.19. The Morgan fingerprint density at radius 1 is 0.372 bits per heavy atom. The molecule has 0 unspecified atom stereocenters. The normalized spacial score (nSPS) is 14.3. The van der Waals surface area contributed by atoms with Gasteiger partial charge in [-0.3, -0.25) is 0 Å². The molecule has 0 nitrogen and oxygen atoms in total. The zero-order chi connectivity index (χ0) is 35.3. The first-order chi connectivity index (χ1) is 24.7. The van der Waals surface area contributed by atoms with E-state index in [0.29, 0.717) is 22.3 Å². The van der Waals surface area contributed by atoms with Crippen molar-refractivity contribution in [3.63, 3.8) is 0 Å². The topological polar surface area (TPSA) is 0 Å². The summed E-state index contributed by atoms with van der Waals surface area (Å²) in [6.07, 6.45) is 0. The molecule has 1 aromatic heterocycles. The Labute approximate surface area is 265 Å². The van der Waals surface area contributed by atoms with E-state index in [4.69, 9.17) is 5.48 Å². The predicted molar refractivity (Wildman–Crippen MR) is 188 cm³/mol. The van der Waals surface area contributed by atoms with Crippen LogP contribution in [0.2, 0.25) is 0 Å². The molecular formula is C42H26S. The maximum absolute atomic E-state index is 9.39. The van der Waals surface area contributed by atoms with E-state index < -0.39 is 24.2 Å². The van der Waals surface area contributed by atoms with Crippen molar-refractivity contribution < 1.29 is 11.0 Å². The third-order valence-electron chi connectivity index (χ3n) is 8.32. The Hall–Kier alpha value is -5.24. The van der Waals surface area contributed by atoms with Crippen molar-refractivity contribution >= 4 is 63.8 Å². The minimum Gasteiger partial charge on any atom is -0.135 e. The molecule has 0 saturated heterocycles. The lowest BCUT2D eigenvalue weighted by atomic mass is 9.83. The second kappa shape index (κ2) is 9.66. The molecule has 0 atom stereocenters. The number of benzene rings is 8. The second-order valence-electron chi connectivity index (χ2n) is 10.6. The van der Waals surface area contributed by atoms with Gasteiger partial charge in [-0.15, -0.1) is 11.3 Å². The van der Waals surface area contributed by atoms with Crippen molar-refractivity contribution in [1.29, 1.82) is 0 Å². The predicted octanol–water partition coefficient (Wildman–Crippen LogP) is 12.5. The zero-order valence-electron chi connectivity index (χ0n) is 30.8. The van der Waals surface area contributed by atoms with E-state index >= 15 is 0 Å². The van der Waals surface area contributed by atoms with Gasteiger partial charge < -0.3 is 0 Å². The van der Waals surface area contributed by atoms with Gasteiger partial charge in [0.2, 0.25) is 0 Å². The van der Waals surface area contributed by atoms with Crippen molar-refractivity contribution in [1.82, 2.24) is 0 Å². The third-order valence-corrected chi connectivity index (χ3v) is 9.47. The van der Waals surface area contributed by atoms with Gasteiger partial charge in [-0.25, -0.2) is 0 Å². The van der Waals surface area contributed by atoms with Gasteiger partial charge in [-0.2, -0.15) is 0 Å². The van der Waals surface area contributed by atoms with Crippen LogP contribution in [0.5, 0.6) is 0 Å². The van der Waals surface area contributed by atoms with Crippen molar-refractivity contribution in [2.24, 2.45) is 0 Å². The monoisotopic (exact) mass is 570 g/mol. The summed E-state index contributed by atoms with van der Waals surface area (Å²) in [6.45, 7) is 0. The summed E-state index contributed by atoms with van der Waals surface area (Å²) >= 11 is 1.65. The van der Waals surface area contributed by atoms with Gasteiger partial charge in [0, 0.05) is 20.2 Å². The number of hydrogen-bond acceptors (Lipinski definition) is 1. The fourth-order valence-corrected chi connectivity index (χ4v) is 7.54. The summed E-state index contributed by atoms with van der Waals surface area (Å²) in [5.41, 5.74) is 3.89. The largest absolute Gasteiger partial charge is 0.135 e. The number of fused-ring (bicyclic) bond motifs is 6. The van der Waals surface area contributed by atoms with Crippen LogP contribution in [0.1, 0.15) is 11.0 Å². The van der Waals surface area contributed by atoms with E-state index in [1.165, 1.54) is 0 Å². The number of rotatable bonds is 3. The molecule has 0 amide bonds. The van der Waals surface area contributed by atoms with Gasteiger partial charge in [0.15, 0.2) is 0 Å². The molecule has 0 N–H and O–H groups in total. The quantitative estimate of drug-likeness (QED) is 0.185. The zero-order valence-corrected chi connectivity index (χ0v) is 23.6. The summed E-state index contributed by atoms with van der Waals surface area (Å²) in [6, 6.07) is 32.8. The molecule has 9 rings (SSSR count). The molecule has 0 spiro atoms. The Kier molecular flexibility index (Phi) is 3.97. The van der Waals surface area contributed by atoms with Gasteiger partial charge in [0.1, 0.15) is 0 Å². The lowest BCUT2D eigenvalue weighted by molar-refractivity contribution is 1.64. The maximum atomic E-state index is 9.39. The molecule has 0 aliphatic carbocycles. The molecule has 0 bridgehead atoms. The van der Waals surface area contributed by atoms with Gasteiger partial charge in [0.05, 0.1) is 11.0 Å². The van der Waals surface area contributed by atoms with Gasteiger partial charge in [-0.05, 0) is 83.9 Å². The van der Waals surface area contributed by atoms with Crippen LogP contribution in [-0.2, 0) is 0 Å². The lowest BCUT2D eigenvalue weighted by Crippen LogP contribution is -1.92. The fraction of sp³-hybridized carbons (Fsp3) is 0. The Morgan fingerprint density at radius 3 is 1.60 bits per heavy atom. The van der Waals surface area contributed by atoms with Crippen LogP contribution in [0.25, 0.3) is 85.9 Å². The third kappa shape index (κ3) is 3.75. The Bertz CT molecular complexity index is 2870. The highest BCUT2D eigenvalue weighted by atomic mass is 32.1. The molecule has 8 aromatic carbocycles. The van der Waals surface area contributed by atoms with Crippen molar-refractivity contribution in [2.45, 2.75) is 0 Å². The molecule has 0 aliphatic rings. The first-order valence-electron chi connectivity index (χ1n) is 18.1. The first kappa shape index (κ1) is 17.7. The van der Waals surface area contributed by atoms with Crippen molar-refractivity contribution in [2.75, 3.05) is 0 Å². The Morgan fingerprint density at radius 2 is 0.907 bits per heavy atom. The van der Waals surface area contributed by atoms with E-state index in [1.54, 1.807) is 11.3 Å². The van der Waals surface area contributed by atoms with Crippen LogP contribution < -0.4 is 0 Å². The molecular weight excluding hydrogens is 537 g/mol. The van der Waals surface area contributed by atoms with E-state index in [2.05, 4.69) is 6.07 Å². The molecule has 0 saturated carbocycles. The van der Waals surface area contributed by atoms with Gasteiger partial charge >= 0.3 is 0 Å².